The van der Waals surface area contributed by atoms with Crippen LogP contribution in [0.1, 0.15) is 25.8 Å². The quantitative estimate of drug-likeness (QED) is 0.656. The van der Waals surface area contributed by atoms with Crippen molar-refractivity contribution in [2.24, 2.45) is 0 Å². The van der Waals surface area contributed by atoms with Gasteiger partial charge in [0.05, 0.1) is 0 Å². The molecule has 0 bridgehead atoms. The average molecular weight is 259 g/mol. The van der Waals surface area contributed by atoms with Crippen LogP contribution in [0.15, 0.2) is 54.6 Å². The number of benzene rings is 2. The molecule has 0 amide bonds. The molecule has 0 N–H and O–H groups in total. The van der Waals surface area contributed by atoms with E-state index in [1.165, 1.54) is 16.7 Å². The van der Waals surface area contributed by atoms with Crippen LogP contribution in [0.3, 0.4) is 0 Å². The Morgan fingerprint density at radius 3 is 1.94 bits per heavy atom. The Kier molecular flexibility index (Phi) is 4.08. The van der Waals surface area contributed by atoms with Crippen LogP contribution in [0, 0.1) is 0 Å². The molecule has 0 aliphatic carbocycles. The third-order valence-electron chi connectivity index (χ3n) is 3.49. The summed E-state index contributed by atoms with van der Waals surface area (Å²) in [6, 6.07) is 19.3. The summed E-state index contributed by atoms with van der Waals surface area (Å²) in [4.78, 5) is 0. The van der Waals surface area contributed by atoms with E-state index in [4.69, 9.17) is 11.6 Å². The van der Waals surface area contributed by atoms with Crippen LogP contribution >= 0.6 is 11.6 Å². The van der Waals surface area contributed by atoms with Gasteiger partial charge in [-0.05, 0) is 28.5 Å². The Labute approximate surface area is 115 Å². The Hall–Kier alpha value is -1.27. The van der Waals surface area contributed by atoms with Crippen LogP contribution in [0.4, 0.5) is 0 Å². The summed E-state index contributed by atoms with van der Waals surface area (Å²) in [6.45, 7) is 4.49. The van der Waals surface area contributed by atoms with Gasteiger partial charge in [0.2, 0.25) is 0 Å². The summed E-state index contributed by atoms with van der Waals surface area (Å²) in [5, 5.41) is 0. The van der Waals surface area contributed by atoms with E-state index in [-0.39, 0.29) is 5.41 Å². The van der Waals surface area contributed by atoms with Gasteiger partial charge in [0.1, 0.15) is 0 Å². The van der Waals surface area contributed by atoms with Gasteiger partial charge >= 0.3 is 0 Å². The fourth-order valence-electron chi connectivity index (χ4n) is 2.13. The maximum atomic E-state index is 5.86. The highest BCUT2D eigenvalue weighted by Crippen LogP contribution is 2.29. The molecule has 0 aromatic heterocycles. The van der Waals surface area contributed by atoms with E-state index in [0.717, 1.165) is 6.42 Å². The van der Waals surface area contributed by atoms with E-state index < -0.39 is 0 Å². The molecule has 0 aliphatic rings. The summed E-state index contributed by atoms with van der Waals surface area (Å²) in [5.74, 6) is 0.702. The fourth-order valence-corrected chi connectivity index (χ4v) is 2.60. The zero-order valence-corrected chi connectivity index (χ0v) is 11.7. The fraction of sp³-hybridized carbons (Fsp3) is 0.294. The molecule has 0 saturated carbocycles. The maximum absolute atomic E-state index is 5.86. The normalized spacial score (nSPS) is 11.5. The van der Waals surface area contributed by atoms with Crippen LogP contribution in [0.2, 0.25) is 0 Å². The predicted octanol–water partition coefficient (Wildman–Crippen LogP) is 5.26. The molecule has 0 saturated heterocycles. The topological polar surface area (TPSA) is 0 Å². The molecule has 0 unspecified atom stereocenters. The van der Waals surface area contributed by atoms with E-state index in [9.17, 15) is 0 Å². The molecule has 0 radical (unpaired) electrons. The first-order valence-electron chi connectivity index (χ1n) is 6.35. The Morgan fingerprint density at radius 1 is 0.833 bits per heavy atom. The predicted molar refractivity (Wildman–Crippen MR) is 80.2 cm³/mol. The summed E-state index contributed by atoms with van der Waals surface area (Å²) >= 11 is 5.86. The van der Waals surface area contributed by atoms with Crippen molar-refractivity contribution in [3.8, 4) is 11.1 Å². The molecule has 2 aromatic rings. The minimum atomic E-state index is 0.150. The summed E-state index contributed by atoms with van der Waals surface area (Å²) < 4.78 is 0. The lowest BCUT2D eigenvalue weighted by atomic mass is 9.82. The lowest BCUT2D eigenvalue weighted by Gasteiger charge is -2.24. The number of hydrogen-bond donors (Lipinski definition) is 0. The van der Waals surface area contributed by atoms with Crippen molar-refractivity contribution in [3.05, 3.63) is 60.2 Å². The second-order valence-corrected chi connectivity index (χ2v) is 5.64. The molecule has 0 fully saturated rings. The first-order valence-corrected chi connectivity index (χ1v) is 6.89. The van der Waals surface area contributed by atoms with Crippen molar-refractivity contribution >= 4 is 11.6 Å². The molecular weight excluding hydrogens is 240 g/mol. The summed E-state index contributed by atoms with van der Waals surface area (Å²) in [5.41, 5.74) is 4.03. The van der Waals surface area contributed by atoms with Gasteiger partial charge in [-0.1, -0.05) is 68.4 Å². The zero-order chi connectivity index (χ0) is 13.0. The highest BCUT2D eigenvalue weighted by atomic mass is 35.5. The van der Waals surface area contributed by atoms with Crippen molar-refractivity contribution in [3.63, 3.8) is 0 Å². The Bertz CT molecular complexity index is 483. The molecule has 0 spiro atoms. The summed E-state index contributed by atoms with van der Waals surface area (Å²) in [6.07, 6.45) is 0.999. The molecular formula is C17H19Cl. The largest absolute Gasteiger partial charge is 0.127 e. The van der Waals surface area contributed by atoms with Crippen molar-refractivity contribution < 1.29 is 0 Å². The van der Waals surface area contributed by atoms with Gasteiger partial charge in [0, 0.05) is 5.88 Å². The van der Waals surface area contributed by atoms with Crippen LogP contribution in [0.5, 0.6) is 0 Å². The molecule has 94 valence electrons. The monoisotopic (exact) mass is 258 g/mol. The van der Waals surface area contributed by atoms with Gasteiger partial charge in [-0.3, -0.25) is 0 Å². The Morgan fingerprint density at radius 2 is 1.39 bits per heavy atom. The maximum Gasteiger partial charge on any atom is 0.0231 e. The van der Waals surface area contributed by atoms with Gasteiger partial charge in [0.15, 0.2) is 0 Å². The molecule has 1 heteroatoms. The van der Waals surface area contributed by atoms with Crippen molar-refractivity contribution in [1.29, 1.82) is 0 Å². The van der Waals surface area contributed by atoms with Crippen LogP contribution in [-0.2, 0) is 5.41 Å². The van der Waals surface area contributed by atoms with Crippen molar-refractivity contribution in [2.45, 2.75) is 25.7 Å². The number of halogens is 1. The van der Waals surface area contributed by atoms with Crippen molar-refractivity contribution in [2.75, 3.05) is 5.88 Å². The zero-order valence-electron chi connectivity index (χ0n) is 11.0. The van der Waals surface area contributed by atoms with Gasteiger partial charge in [-0.25, -0.2) is 0 Å². The second-order valence-electron chi connectivity index (χ2n) is 5.27. The average Bonchev–Trinajstić information content (AvgIpc) is 2.40. The molecule has 2 aromatic carbocycles. The van der Waals surface area contributed by atoms with E-state index >= 15 is 0 Å². The molecule has 0 nitrogen and oxygen atoms in total. The minimum Gasteiger partial charge on any atom is -0.127 e. The van der Waals surface area contributed by atoms with Gasteiger partial charge < -0.3 is 0 Å². The number of hydrogen-bond acceptors (Lipinski definition) is 0. The van der Waals surface area contributed by atoms with Crippen molar-refractivity contribution in [1.82, 2.24) is 0 Å². The highest BCUT2D eigenvalue weighted by Gasteiger charge is 2.19. The van der Waals surface area contributed by atoms with Gasteiger partial charge in [-0.15, -0.1) is 11.6 Å². The Balaban J connectivity index is 2.26. The smallest absolute Gasteiger partial charge is 0.0231 e. The molecule has 0 heterocycles. The molecule has 18 heavy (non-hydrogen) atoms. The minimum absolute atomic E-state index is 0.150. The molecule has 0 aliphatic heterocycles. The SMILES string of the molecule is CC(C)(CCCl)c1ccc(-c2ccccc2)cc1. The summed E-state index contributed by atoms with van der Waals surface area (Å²) in [7, 11) is 0. The lowest BCUT2D eigenvalue weighted by Crippen LogP contribution is -2.17. The highest BCUT2D eigenvalue weighted by molar-refractivity contribution is 6.17. The van der Waals surface area contributed by atoms with Crippen LogP contribution < -0.4 is 0 Å². The van der Waals surface area contributed by atoms with Gasteiger partial charge in [-0.2, -0.15) is 0 Å². The van der Waals surface area contributed by atoms with Gasteiger partial charge in [0.25, 0.3) is 0 Å². The first kappa shape index (κ1) is 13.2. The third-order valence-corrected chi connectivity index (χ3v) is 3.68. The molecule has 0 atom stereocenters. The van der Waals surface area contributed by atoms with E-state index in [1.807, 2.05) is 6.07 Å². The van der Waals surface area contributed by atoms with E-state index in [2.05, 4.69) is 62.4 Å². The molecule has 2 rings (SSSR count). The van der Waals surface area contributed by atoms with Crippen LogP contribution in [-0.4, -0.2) is 5.88 Å². The first-order chi connectivity index (χ1) is 8.63. The standard InChI is InChI=1S/C17H19Cl/c1-17(2,12-13-18)16-10-8-15(9-11-16)14-6-4-3-5-7-14/h3-11H,12-13H2,1-2H3. The van der Waals surface area contributed by atoms with E-state index in [1.54, 1.807) is 0 Å². The second kappa shape index (κ2) is 5.58. The third kappa shape index (κ3) is 2.94. The van der Waals surface area contributed by atoms with E-state index in [0.29, 0.717) is 5.88 Å². The number of rotatable bonds is 4. The van der Waals surface area contributed by atoms with Crippen LogP contribution in [0.25, 0.3) is 11.1 Å². The number of alkyl halides is 1. The lowest BCUT2D eigenvalue weighted by molar-refractivity contribution is 0.509.